The maximum Gasteiger partial charge on any atom is 0.472 e. The van der Waals surface area contributed by atoms with E-state index in [4.69, 9.17) is 37.0 Å². The van der Waals surface area contributed by atoms with Gasteiger partial charge in [0.25, 0.3) is 0 Å². The largest absolute Gasteiger partial charge is 0.472 e. The molecule has 0 aliphatic heterocycles. The molecule has 0 saturated carbocycles. The molecular weight excluding hydrogens is 1340 g/mol. The zero-order valence-electron chi connectivity index (χ0n) is 67.5. The highest BCUT2D eigenvalue weighted by atomic mass is 31.2. The predicted octanol–water partition coefficient (Wildman–Crippen LogP) is 25.6. The lowest BCUT2D eigenvalue weighted by molar-refractivity contribution is -0.161. The van der Waals surface area contributed by atoms with Gasteiger partial charge in [0, 0.05) is 25.7 Å². The second-order valence-corrected chi connectivity index (χ2v) is 33.4. The minimum absolute atomic E-state index is 0.108. The molecule has 0 amide bonds. The number of phosphoric acid groups is 2. The van der Waals surface area contributed by atoms with Gasteiger partial charge in [-0.1, -0.05) is 401 Å². The molecule has 6 atom stereocenters. The van der Waals surface area contributed by atoms with Crippen LogP contribution in [0.15, 0.2) is 0 Å². The fourth-order valence-corrected chi connectivity index (χ4v) is 14.7. The molecule has 0 bridgehead atoms. The Labute approximate surface area is 632 Å². The van der Waals surface area contributed by atoms with Crippen LogP contribution in [-0.4, -0.2) is 96.7 Å². The van der Waals surface area contributed by atoms with Crippen molar-refractivity contribution in [1.82, 2.24) is 0 Å². The van der Waals surface area contributed by atoms with Crippen molar-refractivity contribution in [3.63, 3.8) is 0 Å². The Morgan fingerprint density at radius 3 is 0.689 bits per heavy atom. The summed E-state index contributed by atoms with van der Waals surface area (Å²) < 4.78 is 68.8. The molecule has 0 aromatic rings. The van der Waals surface area contributed by atoms with Crippen LogP contribution in [0.1, 0.15) is 452 Å². The SMILES string of the molecule is CCCCCCCCCCCCCCCCCCCCCCC(=O)O[C@H](COC(=O)CCCCCCCCCCCCCCCCCCCC)COP(=O)(O)OC[C@@H](O)COP(=O)(O)OC[C@@H](COC(=O)CCCCCCCCC(C)CC)OC(=O)CCCCCCCCCCCCCCCCC. The van der Waals surface area contributed by atoms with Crippen LogP contribution in [0.5, 0.6) is 0 Å². The first-order valence-corrected chi connectivity index (χ1v) is 46.7. The number of unbranched alkanes of at least 4 members (excludes halogenated alkanes) is 55. The molecule has 0 heterocycles. The molecule has 0 aromatic carbocycles. The van der Waals surface area contributed by atoms with Crippen molar-refractivity contribution in [2.24, 2.45) is 5.92 Å². The highest BCUT2D eigenvalue weighted by Gasteiger charge is 2.30. The van der Waals surface area contributed by atoms with Gasteiger partial charge in [0.05, 0.1) is 26.4 Å². The molecule has 0 aromatic heterocycles. The summed E-state index contributed by atoms with van der Waals surface area (Å²) in [5.41, 5.74) is 0. The molecule has 612 valence electrons. The third-order valence-electron chi connectivity index (χ3n) is 20.1. The first-order valence-electron chi connectivity index (χ1n) is 43.7. The van der Waals surface area contributed by atoms with Crippen LogP contribution < -0.4 is 0 Å². The van der Waals surface area contributed by atoms with Gasteiger partial charge in [0.15, 0.2) is 12.2 Å². The number of hydrogen-bond donors (Lipinski definition) is 3. The van der Waals surface area contributed by atoms with Crippen molar-refractivity contribution in [2.45, 2.75) is 470 Å². The Kier molecular flexibility index (Phi) is 75.4. The van der Waals surface area contributed by atoms with E-state index < -0.39 is 97.5 Å². The van der Waals surface area contributed by atoms with Gasteiger partial charge in [-0.05, 0) is 31.6 Å². The number of carbonyl (C=O) groups is 4. The van der Waals surface area contributed by atoms with Crippen LogP contribution in [0, 0.1) is 5.92 Å². The Balaban J connectivity index is 5.23. The zero-order valence-corrected chi connectivity index (χ0v) is 69.3. The minimum atomic E-state index is -4.96. The lowest BCUT2D eigenvalue weighted by atomic mass is 10.00. The summed E-state index contributed by atoms with van der Waals surface area (Å²) >= 11 is 0. The van der Waals surface area contributed by atoms with Gasteiger partial charge < -0.3 is 33.8 Å². The monoisotopic (exact) mass is 1510 g/mol. The van der Waals surface area contributed by atoms with Gasteiger partial charge >= 0.3 is 39.5 Å². The number of carbonyl (C=O) groups excluding carboxylic acids is 4. The van der Waals surface area contributed by atoms with Gasteiger partial charge in [-0.25, -0.2) is 9.13 Å². The highest BCUT2D eigenvalue weighted by molar-refractivity contribution is 7.47. The van der Waals surface area contributed by atoms with Crippen molar-refractivity contribution < 1.29 is 80.2 Å². The van der Waals surface area contributed by atoms with E-state index in [2.05, 4.69) is 34.6 Å². The molecular formula is C84H164O17P2. The first kappa shape index (κ1) is 101. The Morgan fingerprint density at radius 2 is 0.466 bits per heavy atom. The standard InChI is InChI=1S/C84H164O17P2/c1-6-10-13-16-19-22-25-28-31-33-35-36-38-41-44-47-50-53-60-65-69-83(88)100-79(73-94-81(86)67-62-57-51-48-45-42-40-37-34-32-29-26-23-20-17-14-11-7-2)75-98-102(90,91)96-71-78(85)72-97-103(92,93)99-76-80(74-95-82(87)68-63-58-55-54-56-61-66-77(5)9-4)101-84(89)70-64-59-52-49-46-43-39-30-27-24-21-18-15-12-8-3/h77-80,85H,6-76H2,1-5H3,(H,90,91)(H,92,93)/t77?,78-,79-,80-/m1/s1. The second kappa shape index (κ2) is 76.8. The van der Waals surface area contributed by atoms with E-state index in [1.165, 1.54) is 270 Å². The Morgan fingerprint density at radius 1 is 0.272 bits per heavy atom. The molecule has 0 radical (unpaired) electrons. The minimum Gasteiger partial charge on any atom is -0.462 e. The van der Waals surface area contributed by atoms with Gasteiger partial charge in [-0.3, -0.25) is 37.3 Å². The molecule has 0 aliphatic rings. The van der Waals surface area contributed by atoms with Crippen molar-refractivity contribution in [3.05, 3.63) is 0 Å². The molecule has 0 aliphatic carbocycles. The number of rotatable bonds is 84. The Hall–Kier alpha value is -1.94. The number of ether oxygens (including phenoxy) is 4. The third-order valence-corrected chi connectivity index (χ3v) is 22.0. The fraction of sp³-hybridized carbons (Fsp3) is 0.952. The average molecular weight is 1510 g/mol. The third kappa shape index (κ3) is 76.6. The predicted molar refractivity (Wildman–Crippen MR) is 423 cm³/mol. The topological polar surface area (TPSA) is 237 Å². The summed E-state index contributed by atoms with van der Waals surface area (Å²) in [6.07, 6.45) is 69.5. The van der Waals surface area contributed by atoms with E-state index >= 15 is 0 Å². The van der Waals surface area contributed by atoms with Gasteiger partial charge in [0.2, 0.25) is 0 Å². The van der Waals surface area contributed by atoms with Crippen molar-refractivity contribution in [1.29, 1.82) is 0 Å². The van der Waals surface area contributed by atoms with Crippen molar-refractivity contribution in [3.8, 4) is 0 Å². The number of esters is 4. The number of aliphatic hydroxyl groups excluding tert-OH is 1. The normalized spacial score (nSPS) is 14.1. The highest BCUT2D eigenvalue weighted by Crippen LogP contribution is 2.45. The van der Waals surface area contributed by atoms with Crippen LogP contribution in [0.25, 0.3) is 0 Å². The maximum atomic E-state index is 13.1. The summed E-state index contributed by atoms with van der Waals surface area (Å²) in [6.45, 7) is 7.31. The summed E-state index contributed by atoms with van der Waals surface area (Å²) in [5, 5.41) is 10.7. The fourth-order valence-electron chi connectivity index (χ4n) is 13.1. The molecule has 3 N–H and O–H groups in total. The quantitative estimate of drug-likeness (QED) is 0.0222. The van der Waals surface area contributed by atoms with Gasteiger partial charge in [-0.15, -0.1) is 0 Å². The number of phosphoric ester groups is 2. The summed E-state index contributed by atoms with van der Waals surface area (Å²) in [7, 11) is -9.92. The van der Waals surface area contributed by atoms with Gasteiger partial charge in [-0.2, -0.15) is 0 Å². The molecule has 3 unspecified atom stereocenters. The lowest BCUT2D eigenvalue weighted by Gasteiger charge is -2.21. The van der Waals surface area contributed by atoms with Gasteiger partial charge in [0.1, 0.15) is 19.3 Å². The zero-order chi connectivity index (χ0) is 75.5. The van der Waals surface area contributed by atoms with Crippen molar-refractivity contribution >= 4 is 39.5 Å². The van der Waals surface area contributed by atoms with Crippen molar-refractivity contribution in [2.75, 3.05) is 39.6 Å². The van der Waals surface area contributed by atoms with E-state index in [1.807, 2.05) is 0 Å². The molecule has 0 saturated heterocycles. The first-order chi connectivity index (χ1) is 50.1. The molecule has 19 heteroatoms. The lowest BCUT2D eigenvalue weighted by Crippen LogP contribution is -2.30. The Bertz CT molecular complexity index is 1960. The molecule has 0 fully saturated rings. The summed E-state index contributed by atoms with van der Waals surface area (Å²) in [5.74, 6) is -1.37. The number of hydrogen-bond acceptors (Lipinski definition) is 15. The van der Waals surface area contributed by atoms with Crippen LogP contribution in [0.4, 0.5) is 0 Å². The summed E-state index contributed by atoms with van der Waals surface area (Å²) in [4.78, 5) is 73.1. The smallest absolute Gasteiger partial charge is 0.462 e. The van der Waals surface area contributed by atoms with E-state index in [9.17, 15) is 43.2 Å². The second-order valence-electron chi connectivity index (χ2n) is 30.5. The van der Waals surface area contributed by atoms with E-state index in [-0.39, 0.29) is 25.7 Å². The number of aliphatic hydroxyl groups is 1. The van der Waals surface area contributed by atoms with E-state index in [0.717, 1.165) is 102 Å². The average Bonchev–Trinajstić information content (AvgIpc) is 1.09. The van der Waals surface area contributed by atoms with E-state index in [0.29, 0.717) is 25.7 Å². The molecule has 0 rings (SSSR count). The molecule has 17 nitrogen and oxygen atoms in total. The van der Waals surface area contributed by atoms with Crippen LogP contribution in [0.2, 0.25) is 0 Å². The van der Waals surface area contributed by atoms with Crippen LogP contribution >= 0.6 is 15.6 Å². The maximum absolute atomic E-state index is 13.1. The summed E-state index contributed by atoms with van der Waals surface area (Å²) in [6, 6.07) is 0. The van der Waals surface area contributed by atoms with Crippen LogP contribution in [-0.2, 0) is 65.4 Å². The van der Waals surface area contributed by atoms with E-state index in [1.54, 1.807) is 0 Å². The molecule has 0 spiro atoms. The van der Waals surface area contributed by atoms with Crippen LogP contribution in [0.3, 0.4) is 0 Å². The molecule has 103 heavy (non-hydrogen) atoms.